The van der Waals surface area contributed by atoms with Crippen molar-refractivity contribution in [1.82, 2.24) is 10.2 Å². The molecule has 0 saturated heterocycles. The van der Waals surface area contributed by atoms with Crippen LogP contribution in [0.15, 0.2) is 51.6 Å². The number of anilines is 1. The third-order valence-corrected chi connectivity index (χ3v) is 3.91. The van der Waals surface area contributed by atoms with Crippen LogP contribution < -0.4 is 5.73 Å². The van der Waals surface area contributed by atoms with Gasteiger partial charge in [-0.3, -0.25) is 5.10 Å². The van der Waals surface area contributed by atoms with Gasteiger partial charge in [-0.25, -0.2) is 0 Å². The third kappa shape index (κ3) is 2.49. The van der Waals surface area contributed by atoms with Gasteiger partial charge in [0.05, 0.1) is 6.26 Å². The minimum absolute atomic E-state index is 0.520. The summed E-state index contributed by atoms with van der Waals surface area (Å²) in [7, 11) is 0. The molecule has 0 saturated carbocycles. The zero-order valence-corrected chi connectivity index (χ0v) is 12.4. The summed E-state index contributed by atoms with van der Waals surface area (Å²) in [6.07, 6.45) is 3.30. The van der Waals surface area contributed by atoms with E-state index in [1.54, 1.807) is 6.26 Å². The smallest absolute Gasteiger partial charge is 0.153 e. The van der Waals surface area contributed by atoms with Crippen molar-refractivity contribution in [1.29, 1.82) is 0 Å². The highest BCUT2D eigenvalue weighted by molar-refractivity contribution is 9.10. The molecule has 0 aliphatic carbocycles. The molecule has 102 valence electrons. The molecular formula is C15H14BrN3O. The van der Waals surface area contributed by atoms with Crippen LogP contribution in [0, 0.1) is 0 Å². The van der Waals surface area contributed by atoms with Crippen LogP contribution in [0.5, 0.6) is 0 Å². The van der Waals surface area contributed by atoms with Gasteiger partial charge < -0.3 is 10.2 Å². The predicted molar refractivity (Wildman–Crippen MR) is 82.3 cm³/mol. The fourth-order valence-electron chi connectivity index (χ4n) is 2.24. The number of nitrogens with zero attached hydrogens (tertiary/aromatic N) is 1. The lowest BCUT2D eigenvalue weighted by atomic mass is 10.0. The quantitative estimate of drug-likeness (QED) is 0.764. The number of aryl methyl sites for hydroxylation is 2. The van der Waals surface area contributed by atoms with E-state index in [1.165, 1.54) is 0 Å². The van der Waals surface area contributed by atoms with Gasteiger partial charge in [0.1, 0.15) is 5.76 Å². The van der Waals surface area contributed by atoms with Gasteiger partial charge in [-0.05, 0) is 24.6 Å². The minimum Gasteiger partial charge on any atom is -0.469 e. The molecule has 0 atom stereocenters. The summed E-state index contributed by atoms with van der Waals surface area (Å²) >= 11 is 3.56. The first-order chi connectivity index (χ1) is 9.75. The maximum Gasteiger partial charge on any atom is 0.153 e. The zero-order chi connectivity index (χ0) is 13.9. The van der Waals surface area contributed by atoms with Crippen molar-refractivity contribution in [3.05, 3.63) is 58.6 Å². The molecule has 0 aliphatic heterocycles. The Balaban J connectivity index is 1.92. The number of rotatable bonds is 4. The second kappa shape index (κ2) is 5.54. The van der Waals surface area contributed by atoms with E-state index >= 15 is 0 Å². The van der Waals surface area contributed by atoms with Crippen LogP contribution in [0.1, 0.15) is 11.5 Å². The lowest BCUT2D eigenvalue weighted by Crippen LogP contribution is -1.94. The Morgan fingerprint density at radius 3 is 2.75 bits per heavy atom. The number of H-pyrrole nitrogens is 1. The number of furan rings is 1. The molecule has 3 N–H and O–H groups in total. The Morgan fingerprint density at radius 1 is 1.15 bits per heavy atom. The van der Waals surface area contributed by atoms with Gasteiger partial charge in [-0.1, -0.05) is 34.1 Å². The maximum absolute atomic E-state index is 6.00. The molecule has 0 spiro atoms. The summed E-state index contributed by atoms with van der Waals surface area (Å²) in [4.78, 5) is 0. The van der Waals surface area contributed by atoms with E-state index in [-0.39, 0.29) is 0 Å². The van der Waals surface area contributed by atoms with Crippen molar-refractivity contribution >= 4 is 21.7 Å². The van der Waals surface area contributed by atoms with Crippen LogP contribution in [0.2, 0.25) is 0 Å². The Bertz CT molecular complexity index is 704. The SMILES string of the molecule is Nc1n[nH]c(CCc2ccco2)c1-c1ccccc1Br. The molecule has 0 aliphatic rings. The monoisotopic (exact) mass is 331 g/mol. The molecule has 3 rings (SSSR count). The Labute approximate surface area is 125 Å². The highest BCUT2D eigenvalue weighted by Crippen LogP contribution is 2.34. The van der Waals surface area contributed by atoms with Crippen LogP contribution in [0.25, 0.3) is 11.1 Å². The number of nitrogen functional groups attached to an aromatic ring is 1. The minimum atomic E-state index is 0.520. The summed E-state index contributed by atoms with van der Waals surface area (Å²) in [6.45, 7) is 0. The molecular weight excluding hydrogens is 318 g/mol. The van der Waals surface area contributed by atoms with Gasteiger partial charge in [-0.15, -0.1) is 0 Å². The topological polar surface area (TPSA) is 67.8 Å². The van der Waals surface area contributed by atoms with E-state index < -0.39 is 0 Å². The van der Waals surface area contributed by atoms with Crippen molar-refractivity contribution in [3.63, 3.8) is 0 Å². The van der Waals surface area contributed by atoms with Crippen LogP contribution >= 0.6 is 15.9 Å². The van der Waals surface area contributed by atoms with Crippen molar-refractivity contribution in [3.8, 4) is 11.1 Å². The molecule has 2 heterocycles. The largest absolute Gasteiger partial charge is 0.469 e. The van der Waals surface area contributed by atoms with Crippen molar-refractivity contribution in [2.75, 3.05) is 5.73 Å². The average Bonchev–Trinajstić information content (AvgIpc) is 3.07. The molecule has 2 aromatic heterocycles. The second-order valence-corrected chi connectivity index (χ2v) is 5.38. The number of benzene rings is 1. The Hall–Kier alpha value is -2.01. The molecule has 3 aromatic rings. The number of aromatic nitrogens is 2. The highest BCUT2D eigenvalue weighted by Gasteiger charge is 2.15. The number of nitrogens with two attached hydrogens (primary N) is 1. The molecule has 0 amide bonds. The van der Waals surface area contributed by atoms with Crippen LogP contribution in [-0.4, -0.2) is 10.2 Å². The van der Waals surface area contributed by atoms with Crippen LogP contribution in [0.4, 0.5) is 5.82 Å². The number of nitrogens with one attached hydrogen (secondary N) is 1. The van der Waals surface area contributed by atoms with Gasteiger partial charge in [0.25, 0.3) is 0 Å². The molecule has 20 heavy (non-hydrogen) atoms. The molecule has 0 fully saturated rings. The number of hydrogen-bond donors (Lipinski definition) is 2. The number of halogens is 1. The summed E-state index contributed by atoms with van der Waals surface area (Å²) in [6, 6.07) is 11.9. The Morgan fingerprint density at radius 2 is 2.00 bits per heavy atom. The molecule has 4 nitrogen and oxygen atoms in total. The van der Waals surface area contributed by atoms with Crippen molar-refractivity contribution < 1.29 is 4.42 Å². The van der Waals surface area contributed by atoms with Crippen LogP contribution in [0.3, 0.4) is 0 Å². The number of aromatic amines is 1. The van der Waals surface area contributed by atoms with Gasteiger partial charge in [0.2, 0.25) is 0 Å². The molecule has 0 unspecified atom stereocenters. The van der Waals surface area contributed by atoms with Gasteiger partial charge in [-0.2, -0.15) is 5.10 Å². The van der Waals surface area contributed by atoms with Crippen LogP contribution in [-0.2, 0) is 12.8 Å². The molecule has 1 aromatic carbocycles. The summed E-state index contributed by atoms with van der Waals surface area (Å²) in [5.74, 6) is 1.47. The lowest BCUT2D eigenvalue weighted by Gasteiger charge is -2.06. The first-order valence-corrected chi connectivity index (χ1v) is 7.15. The van der Waals surface area contributed by atoms with E-state index in [2.05, 4.69) is 26.1 Å². The van der Waals surface area contributed by atoms with E-state index in [0.29, 0.717) is 5.82 Å². The molecule has 0 bridgehead atoms. The van der Waals surface area contributed by atoms with E-state index in [9.17, 15) is 0 Å². The molecule has 5 heteroatoms. The standard InChI is InChI=1S/C15H14BrN3O/c16-12-6-2-1-5-11(12)14-13(18-19-15(14)17)8-7-10-4-3-9-20-10/h1-6,9H,7-8H2,(H3,17,18,19). The highest BCUT2D eigenvalue weighted by atomic mass is 79.9. The first kappa shape index (κ1) is 13.0. The summed E-state index contributed by atoms with van der Waals surface area (Å²) in [5.41, 5.74) is 9.04. The summed E-state index contributed by atoms with van der Waals surface area (Å²) < 4.78 is 6.36. The lowest BCUT2D eigenvalue weighted by molar-refractivity contribution is 0.507. The third-order valence-electron chi connectivity index (χ3n) is 3.21. The van der Waals surface area contributed by atoms with Gasteiger partial charge >= 0.3 is 0 Å². The van der Waals surface area contributed by atoms with Crippen molar-refractivity contribution in [2.24, 2.45) is 0 Å². The van der Waals surface area contributed by atoms with E-state index in [1.807, 2.05) is 36.4 Å². The normalized spacial score (nSPS) is 10.8. The fourth-order valence-corrected chi connectivity index (χ4v) is 2.73. The Kier molecular flexibility index (Phi) is 3.60. The van der Waals surface area contributed by atoms with E-state index in [0.717, 1.165) is 39.9 Å². The fraction of sp³-hybridized carbons (Fsp3) is 0.133. The first-order valence-electron chi connectivity index (χ1n) is 6.35. The molecule has 0 radical (unpaired) electrons. The van der Waals surface area contributed by atoms with Crippen molar-refractivity contribution in [2.45, 2.75) is 12.8 Å². The van der Waals surface area contributed by atoms with E-state index in [4.69, 9.17) is 10.2 Å². The van der Waals surface area contributed by atoms with Gasteiger partial charge in [0.15, 0.2) is 5.82 Å². The second-order valence-electron chi connectivity index (χ2n) is 4.52. The average molecular weight is 332 g/mol. The zero-order valence-electron chi connectivity index (χ0n) is 10.8. The predicted octanol–water partition coefficient (Wildman–Crippen LogP) is 3.80. The maximum atomic E-state index is 6.00. The number of hydrogen-bond acceptors (Lipinski definition) is 3. The van der Waals surface area contributed by atoms with Gasteiger partial charge in [0, 0.05) is 27.7 Å². The summed E-state index contributed by atoms with van der Waals surface area (Å²) in [5, 5.41) is 7.16.